The standard InChI is InChI=1S/C17H19N3OS/c1-13-15(5-4-10-18-13)17(21)20-11-7-14(8-12-20)22-16-6-2-3-9-19-16/h2-6,9-10,14H,7-8,11-12H2,1H3. The van der Waals surface area contributed by atoms with Gasteiger partial charge in [0.15, 0.2) is 0 Å². The Morgan fingerprint density at radius 2 is 1.91 bits per heavy atom. The van der Waals surface area contributed by atoms with Crippen molar-refractivity contribution in [2.24, 2.45) is 0 Å². The number of amides is 1. The molecule has 4 nitrogen and oxygen atoms in total. The predicted molar refractivity (Wildman–Crippen MR) is 88.0 cm³/mol. The Labute approximate surface area is 135 Å². The maximum Gasteiger partial charge on any atom is 0.255 e. The maximum absolute atomic E-state index is 12.6. The molecule has 0 bridgehead atoms. The van der Waals surface area contributed by atoms with Gasteiger partial charge in [-0.1, -0.05) is 6.07 Å². The summed E-state index contributed by atoms with van der Waals surface area (Å²) in [4.78, 5) is 23.1. The van der Waals surface area contributed by atoms with Gasteiger partial charge in [-0.15, -0.1) is 11.8 Å². The first-order valence-corrected chi connectivity index (χ1v) is 8.40. The zero-order chi connectivity index (χ0) is 15.4. The molecule has 1 aliphatic rings. The molecule has 1 fully saturated rings. The molecule has 0 spiro atoms. The number of rotatable bonds is 3. The molecule has 3 rings (SSSR count). The Hall–Kier alpha value is -1.88. The van der Waals surface area contributed by atoms with Crippen LogP contribution >= 0.6 is 11.8 Å². The van der Waals surface area contributed by atoms with Gasteiger partial charge >= 0.3 is 0 Å². The fraction of sp³-hybridized carbons (Fsp3) is 0.353. The summed E-state index contributed by atoms with van der Waals surface area (Å²) in [5.74, 6) is 0.104. The Bertz CT molecular complexity index is 639. The normalized spacial score (nSPS) is 15.8. The van der Waals surface area contributed by atoms with Crippen LogP contribution in [0.1, 0.15) is 28.9 Å². The highest BCUT2D eigenvalue weighted by atomic mass is 32.2. The van der Waals surface area contributed by atoms with Crippen molar-refractivity contribution in [3.8, 4) is 0 Å². The number of thioether (sulfide) groups is 1. The number of carbonyl (C=O) groups excluding carboxylic acids is 1. The lowest BCUT2D eigenvalue weighted by molar-refractivity contribution is 0.0726. The number of pyridine rings is 2. The number of aromatic nitrogens is 2. The van der Waals surface area contributed by atoms with Crippen LogP contribution in [0, 0.1) is 6.92 Å². The number of carbonyl (C=O) groups is 1. The van der Waals surface area contributed by atoms with Crippen molar-refractivity contribution in [3.05, 3.63) is 54.0 Å². The van der Waals surface area contributed by atoms with Gasteiger partial charge < -0.3 is 4.90 Å². The van der Waals surface area contributed by atoms with Crippen LogP contribution < -0.4 is 0 Å². The van der Waals surface area contributed by atoms with Gasteiger partial charge in [-0.25, -0.2) is 4.98 Å². The van der Waals surface area contributed by atoms with Crippen molar-refractivity contribution in [3.63, 3.8) is 0 Å². The summed E-state index contributed by atoms with van der Waals surface area (Å²) < 4.78 is 0. The van der Waals surface area contributed by atoms with Crippen molar-refractivity contribution in [2.75, 3.05) is 13.1 Å². The second-order valence-corrected chi connectivity index (χ2v) is 6.73. The zero-order valence-electron chi connectivity index (χ0n) is 12.6. The van der Waals surface area contributed by atoms with Crippen LogP contribution in [-0.4, -0.2) is 39.1 Å². The first kappa shape index (κ1) is 15.0. The zero-order valence-corrected chi connectivity index (χ0v) is 13.4. The summed E-state index contributed by atoms with van der Waals surface area (Å²) >= 11 is 1.82. The first-order valence-electron chi connectivity index (χ1n) is 7.52. The molecule has 0 atom stereocenters. The molecule has 5 heteroatoms. The average molecular weight is 313 g/mol. The van der Waals surface area contributed by atoms with Gasteiger partial charge in [0.2, 0.25) is 0 Å². The summed E-state index contributed by atoms with van der Waals surface area (Å²) in [5, 5.41) is 1.60. The van der Waals surface area contributed by atoms with Crippen LogP contribution in [0.15, 0.2) is 47.8 Å². The molecular weight excluding hydrogens is 294 g/mol. The van der Waals surface area contributed by atoms with E-state index in [0.717, 1.165) is 42.2 Å². The quantitative estimate of drug-likeness (QED) is 0.873. The fourth-order valence-electron chi connectivity index (χ4n) is 2.64. The lowest BCUT2D eigenvalue weighted by Gasteiger charge is -2.31. The third-order valence-corrected chi connectivity index (χ3v) is 5.18. The highest BCUT2D eigenvalue weighted by molar-refractivity contribution is 7.99. The third kappa shape index (κ3) is 3.47. The molecule has 2 aromatic heterocycles. The van der Waals surface area contributed by atoms with E-state index >= 15 is 0 Å². The minimum absolute atomic E-state index is 0.104. The molecule has 0 saturated carbocycles. The van der Waals surface area contributed by atoms with Gasteiger partial charge in [-0.3, -0.25) is 9.78 Å². The minimum Gasteiger partial charge on any atom is -0.339 e. The van der Waals surface area contributed by atoms with E-state index in [-0.39, 0.29) is 5.91 Å². The minimum atomic E-state index is 0.104. The molecule has 1 aliphatic heterocycles. The van der Waals surface area contributed by atoms with Crippen LogP contribution in [0.25, 0.3) is 0 Å². The lowest BCUT2D eigenvalue weighted by Crippen LogP contribution is -2.39. The van der Waals surface area contributed by atoms with E-state index < -0.39 is 0 Å². The second kappa shape index (κ2) is 6.92. The summed E-state index contributed by atoms with van der Waals surface area (Å²) in [6, 6.07) is 9.67. The average Bonchev–Trinajstić information content (AvgIpc) is 2.56. The second-order valence-electron chi connectivity index (χ2n) is 5.41. The van der Waals surface area contributed by atoms with Crippen molar-refractivity contribution in [1.82, 2.24) is 14.9 Å². The highest BCUT2D eigenvalue weighted by Crippen LogP contribution is 2.29. The predicted octanol–water partition coefficient (Wildman–Crippen LogP) is 3.18. The Kier molecular flexibility index (Phi) is 4.73. The summed E-state index contributed by atoms with van der Waals surface area (Å²) in [6.45, 7) is 3.49. The fourth-order valence-corrected chi connectivity index (χ4v) is 3.71. The number of likely N-dealkylation sites (tertiary alicyclic amines) is 1. The Morgan fingerprint density at radius 3 is 2.59 bits per heavy atom. The number of hydrogen-bond acceptors (Lipinski definition) is 4. The van der Waals surface area contributed by atoms with E-state index in [1.165, 1.54) is 0 Å². The third-order valence-electron chi connectivity index (χ3n) is 3.89. The summed E-state index contributed by atoms with van der Waals surface area (Å²) in [7, 11) is 0. The van der Waals surface area contributed by atoms with E-state index in [2.05, 4.69) is 9.97 Å². The monoisotopic (exact) mass is 313 g/mol. The smallest absolute Gasteiger partial charge is 0.255 e. The van der Waals surface area contributed by atoms with Crippen LogP contribution in [0.2, 0.25) is 0 Å². The van der Waals surface area contributed by atoms with Crippen molar-refractivity contribution in [1.29, 1.82) is 0 Å². The van der Waals surface area contributed by atoms with Gasteiger partial charge in [-0.05, 0) is 44.0 Å². The van der Waals surface area contributed by atoms with Gasteiger partial charge in [0, 0.05) is 36.4 Å². The van der Waals surface area contributed by atoms with E-state index in [1.807, 2.05) is 60.1 Å². The van der Waals surface area contributed by atoms with E-state index in [1.54, 1.807) is 6.20 Å². The Morgan fingerprint density at radius 1 is 1.14 bits per heavy atom. The molecule has 22 heavy (non-hydrogen) atoms. The number of aryl methyl sites for hydroxylation is 1. The molecule has 1 amide bonds. The molecule has 0 aliphatic carbocycles. The maximum atomic E-state index is 12.6. The summed E-state index contributed by atoms with van der Waals surface area (Å²) in [5.41, 5.74) is 1.52. The van der Waals surface area contributed by atoms with Crippen molar-refractivity contribution >= 4 is 17.7 Å². The topological polar surface area (TPSA) is 46.1 Å². The molecular formula is C17H19N3OS. The molecule has 1 saturated heterocycles. The van der Waals surface area contributed by atoms with Crippen molar-refractivity contribution in [2.45, 2.75) is 30.0 Å². The van der Waals surface area contributed by atoms with Gasteiger partial charge in [-0.2, -0.15) is 0 Å². The summed E-state index contributed by atoms with van der Waals surface area (Å²) in [6.07, 6.45) is 5.56. The molecule has 114 valence electrons. The van der Waals surface area contributed by atoms with Gasteiger partial charge in [0.25, 0.3) is 5.91 Å². The molecule has 0 radical (unpaired) electrons. The number of piperidine rings is 1. The Balaban J connectivity index is 1.58. The number of hydrogen-bond donors (Lipinski definition) is 0. The van der Waals surface area contributed by atoms with Crippen LogP contribution in [0.3, 0.4) is 0 Å². The van der Waals surface area contributed by atoms with Crippen LogP contribution in [0.4, 0.5) is 0 Å². The van der Waals surface area contributed by atoms with Crippen LogP contribution in [0.5, 0.6) is 0 Å². The molecule has 2 aromatic rings. The molecule has 0 unspecified atom stereocenters. The van der Waals surface area contributed by atoms with E-state index in [9.17, 15) is 4.79 Å². The van der Waals surface area contributed by atoms with Gasteiger partial charge in [0.05, 0.1) is 10.6 Å². The van der Waals surface area contributed by atoms with Crippen molar-refractivity contribution < 1.29 is 4.79 Å². The molecule has 3 heterocycles. The van der Waals surface area contributed by atoms with Crippen LogP contribution in [-0.2, 0) is 0 Å². The van der Waals surface area contributed by atoms with E-state index in [4.69, 9.17) is 0 Å². The van der Waals surface area contributed by atoms with Gasteiger partial charge in [0.1, 0.15) is 0 Å². The SMILES string of the molecule is Cc1ncccc1C(=O)N1CCC(Sc2ccccn2)CC1. The molecule has 0 N–H and O–H groups in total. The van der Waals surface area contributed by atoms with E-state index in [0.29, 0.717) is 5.25 Å². The first-order chi connectivity index (χ1) is 10.7. The molecule has 0 aromatic carbocycles. The largest absolute Gasteiger partial charge is 0.339 e. The lowest BCUT2D eigenvalue weighted by atomic mass is 10.1. The highest BCUT2D eigenvalue weighted by Gasteiger charge is 2.25. The number of nitrogens with zero attached hydrogens (tertiary/aromatic N) is 3.